The molecule has 2 aromatic rings. The zero-order chi connectivity index (χ0) is 21.5. The van der Waals surface area contributed by atoms with E-state index in [1.54, 1.807) is 18.7 Å². The number of hydrogen-bond donors (Lipinski definition) is 2. The Morgan fingerprint density at radius 3 is 2.57 bits per heavy atom. The molecule has 1 fully saturated rings. The average molecular weight is 432 g/mol. The topological polar surface area (TPSA) is 114 Å². The first-order valence-electron chi connectivity index (χ1n) is 9.89. The molecule has 1 aromatic carbocycles. The van der Waals surface area contributed by atoms with Gasteiger partial charge in [0.25, 0.3) is 5.91 Å². The molecular formula is C20H25N5O4S. The number of benzene rings is 1. The molecule has 0 unspecified atom stereocenters. The van der Waals surface area contributed by atoms with Crippen LogP contribution < -0.4 is 10.6 Å². The number of anilines is 1. The lowest BCUT2D eigenvalue weighted by atomic mass is 9.98. The molecule has 1 aliphatic heterocycles. The minimum Gasteiger partial charge on any atom is -0.464 e. The number of para-hydroxylation sites is 1. The minimum absolute atomic E-state index is 0.146. The van der Waals surface area contributed by atoms with Gasteiger partial charge in [-0.3, -0.25) is 4.79 Å². The molecule has 0 bridgehead atoms. The van der Waals surface area contributed by atoms with Crippen molar-refractivity contribution in [1.82, 2.24) is 20.4 Å². The number of aromatic nitrogens is 2. The Morgan fingerprint density at radius 1 is 1.20 bits per heavy atom. The fourth-order valence-electron chi connectivity index (χ4n) is 3.13. The van der Waals surface area contributed by atoms with E-state index >= 15 is 0 Å². The van der Waals surface area contributed by atoms with E-state index in [1.165, 1.54) is 11.3 Å². The van der Waals surface area contributed by atoms with E-state index in [9.17, 15) is 14.4 Å². The van der Waals surface area contributed by atoms with E-state index in [0.29, 0.717) is 23.8 Å². The summed E-state index contributed by atoms with van der Waals surface area (Å²) in [6.45, 7) is 4.68. The van der Waals surface area contributed by atoms with Crippen LogP contribution in [0.2, 0.25) is 0 Å². The van der Waals surface area contributed by atoms with E-state index in [1.807, 2.05) is 30.3 Å². The molecule has 30 heavy (non-hydrogen) atoms. The molecule has 10 heteroatoms. The molecule has 0 saturated carbocycles. The van der Waals surface area contributed by atoms with Gasteiger partial charge < -0.3 is 20.3 Å². The first-order chi connectivity index (χ1) is 14.5. The molecule has 160 valence electrons. The number of esters is 1. The number of ether oxygens (including phenoxy) is 1. The SMILES string of the molecule is CCOC(=O)[C@H](C)NC(=O)N1CCC(c2nnc(C(=O)Nc3ccccc3)s2)CC1. The maximum Gasteiger partial charge on any atom is 0.328 e. The quantitative estimate of drug-likeness (QED) is 0.680. The molecule has 1 saturated heterocycles. The summed E-state index contributed by atoms with van der Waals surface area (Å²) >= 11 is 1.28. The van der Waals surface area contributed by atoms with Crippen LogP contribution in [0.3, 0.4) is 0 Å². The minimum atomic E-state index is -0.691. The Morgan fingerprint density at radius 2 is 1.90 bits per heavy atom. The van der Waals surface area contributed by atoms with E-state index in [0.717, 1.165) is 17.8 Å². The summed E-state index contributed by atoms with van der Waals surface area (Å²) in [6.07, 6.45) is 1.44. The third-order valence-corrected chi connectivity index (χ3v) is 5.86. The smallest absolute Gasteiger partial charge is 0.328 e. The normalized spacial score (nSPS) is 15.3. The molecule has 3 amide bonds. The van der Waals surface area contributed by atoms with Gasteiger partial charge in [-0.05, 0) is 38.8 Å². The van der Waals surface area contributed by atoms with Crippen LogP contribution in [0.1, 0.15) is 47.4 Å². The predicted octanol–water partition coefficient (Wildman–Crippen LogP) is 2.63. The van der Waals surface area contributed by atoms with Crippen molar-refractivity contribution in [3.8, 4) is 0 Å². The number of likely N-dealkylation sites (tertiary alicyclic amines) is 1. The number of rotatable bonds is 6. The van der Waals surface area contributed by atoms with Crippen LogP contribution in [0, 0.1) is 0 Å². The van der Waals surface area contributed by atoms with E-state index in [4.69, 9.17) is 4.74 Å². The number of nitrogens with zero attached hydrogens (tertiary/aromatic N) is 3. The molecule has 1 atom stereocenters. The molecule has 2 N–H and O–H groups in total. The second-order valence-electron chi connectivity index (χ2n) is 6.95. The van der Waals surface area contributed by atoms with Crippen molar-refractivity contribution < 1.29 is 19.1 Å². The largest absolute Gasteiger partial charge is 0.464 e. The van der Waals surface area contributed by atoms with Crippen molar-refractivity contribution in [2.24, 2.45) is 0 Å². The third-order valence-electron chi connectivity index (χ3n) is 4.78. The molecule has 1 aliphatic rings. The molecule has 0 aliphatic carbocycles. The summed E-state index contributed by atoms with van der Waals surface area (Å²) in [6, 6.07) is 8.21. The fraction of sp³-hybridized carbons (Fsp3) is 0.450. The summed E-state index contributed by atoms with van der Waals surface area (Å²) in [5, 5.41) is 14.8. The third kappa shape index (κ3) is 5.53. The number of urea groups is 1. The summed E-state index contributed by atoms with van der Waals surface area (Å²) in [7, 11) is 0. The Balaban J connectivity index is 1.50. The molecule has 2 heterocycles. The zero-order valence-electron chi connectivity index (χ0n) is 17.0. The molecular weight excluding hydrogens is 406 g/mol. The van der Waals surface area contributed by atoms with Crippen LogP contribution in [-0.4, -0.2) is 58.7 Å². The van der Waals surface area contributed by atoms with Crippen molar-refractivity contribution in [2.45, 2.75) is 38.6 Å². The second kappa shape index (κ2) is 10.1. The first-order valence-corrected chi connectivity index (χ1v) is 10.7. The lowest BCUT2D eigenvalue weighted by molar-refractivity contribution is -0.144. The molecule has 3 rings (SSSR count). The van der Waals surface area contributed by atoms with Gasteiger partial charge in [0.2, 0.25) is 5.01 Å². The van der Waals surface area contributed by atoms with Gasteiger partial charge in [0, 0.05) is 24.7 Å². The van der Waals surface area contributed by atoms with Crippen LogP contribution in [0.25, 0.3) is 0 Å². The van der Waals surface area contributed by atoms with Gasteiger partial charge in [-0.25, -0.2) is 9.59 Å². The van der Waals surface area contributed by atoms with Crippen molar-refractivity contribution >= 4 is 34.9 Å². The lowest BCUT2D eigenvalue weighted by Crippen LogP contribution is -2.49. The second-order valence-corrected chi connectivity index (χ2v) is 7.96. The summed E-state index contributed by atoms with van der Waals surface area (Å²) in [5.41, 5.74) is 0.704. The van der Waals surface area contributed by atoms with E-state index in [2.05, 4.69) is 20.8 Å². The zero-order valence-corrected chi connectivity index (χ0v) is 17.8. The predicted molar refractivity (Wildman–Crippen MR) is 112 cm³/mol. The molecule has 1 aromatic heterocycles. The number of piperidine rings is 1. The average Bonchev–Trinajstić information content (AvgIpc) is 3.25. The molecule has 0 radical (unpaired) electrons. The highest BCUT2D eigenvalue weighted by Gasteiger charge is 2.28. The van der Waals surface area contributed by atoms with Crippen LogP contribution in [-0.2, 0) is 9.53 Å². The summed E-state index contributed by atoms with van der Waals surface area (Å²) in [4.78, 5) is 38.1. The number of carbonyl (C=O) groups is 3. The number of hydrogen-bond acceptors (Lipinski definition) is 7. The van der Waals surface area contributed by atoms with Crippen molar-refractivity contribution in [3.05, 3.63) is 40.3 Å². The Bertz CT molecular complexity index is 880. The van der Waals surface area contributed by atoms with Crippen molar-refractivity contribution in [1.29, 1.82) is 0 Å². The van der Waals surface area contributed by atoms with Crippen LogP contribution in [0.15, 0.2) is 30.3 Å². The van der Waals surface area contributed by atoms with Gasteiger partial charge in [-0.15, -0.1) is 10.2 Å². The monoisotopic (exact) mass is 431 g/mol. The number of amides is 3. The van der Waals surface area contributed by atoms with E-state index in [-0.39, 0.29) is 24.5 Å². The fourth-order valence-corrected chi connectivity index (χ4v) is 4.04. The van der Waals surface area contributed by atoms with Crippen molar-refractivity contribution in [3.63, 3.8) is 0 Å². The number of nitrogens with one attached hydrogen (secondary N) is 2. The Hall–Kier alpha value is -3.01. The summed E-state index contributed by atoms with van der Waals surface area (Å²) in [5.74, 6) is -0.585. The van der Waals surface area contributed by atoms with Gasteiger partial charge in [0.05, 0.1) is 6.61 Å². The van der Waals surface area contributed by atoms with Gasteiger partial charge in [-0.1, -0.05) is 29.5 Å². The first kappa shape index (κ1) is 21.7. The van der Waals surface area contributed by atoms with Crippen molar-refractivity contribution in [2.75, 3.05) is 25.0 Å². The highest BCUT2D eigenvalue weighted by Crippen LogP contribution is 2.30. The van der Waals surface area contributed by atoms with Crippen LogP contribution in [0.5, 0.6) is 0 Å². The van der Waals surface area contributed by atoms with Gasteiger partial charge >= 0.3 is 12.0 Å². The van der Waals surface area contributed by atoms with Crippen LogP contribution >= 0.6 is 11.3 Å². The lowest BCUT2D eigenvalue weighted by Gasteiger charge is -2.31. The summed E-state index contributed by atoms with van der Waals surface area (Å²) < 4.78 is 4.91. The van der Waals surface area contributed by atoms with Gasteiger partial charge in [-0.2, -0.15) is 0 Å². The molecule has 9 nitrogen and oxygen atoms in total. The maximum atomic E-state index is 12.4. The molecule has 0 spiro atoms. The van der Waals surface area contributed by atoms with Gasteiger partial charge in [0.1, 0.15) is 11.0 Å². The Labute approximate surface area is 178 Å². The van der Waals surface area contributed by atoms with Gasteiger partial charge in [0.15, 0.2) is 0 Å². The highest BCUT2D eigenvalue weighted by molar-refractivity contribution is 7.13. The number of carbonyl (C=O) groups excluding carboxylic acids is 3. The maximum absolute atomic E-state index is 12.4. The highest BCUT2D eigenvalue weighted by atomic mass is 32.1. The standard InChI is InChI=1S/C20H25N5O4S/c1-3-29-19(27)13(2)21-20(28)25-11-9-14(10-12-25)17-23-24-18(30-17)16(26)22-15-7-5-4-6-8-15/h4-8,13-14H,3,9-12H2,1-2H3,(H,21,28)(H,22,26)/t13-/m0/s1. The Kier molecular flexibility index (Phi) is 7.34. The van der Waals surface area contributed by atoms with E-state index < -0.39 is 12.0 Å². The van der Waals surface area contributed by atoms with Crippen LogP contribution in [0.4, 0.5) is 10.5 Å².